The second-order valence-corrected chi connectivity index (χ2v) is 5.30. The van der Waals surface area contributed by atoms with Crippen molar-refractivity contribution in [2.75, 3.05) is 14.2 Å². The minimum Gasteiger partial charge on any atom is -0.497 e. The van der Waals surface area contributed by atoms with Crippen LogP contribution in [0, 0.1) is 0 Å². The van der Waals surface area contributed by atoms with Crippen molar-refractivity contribution >= 4 is 27.9 Å². The molecule has 0 aliphatic rings. The normalized spacial score (nSPS) is 10.6. The number of benzene rings is 2. The highest BCUT2D eigenvalue weighted by Gasteiger charge is 2.16. The molecule has 0 radical (unpaired) electrons. The molecule has 0 saturated heterocycles. The third-order valence-electron chi connectivity index (χ3n) is 3.52. The maximum Gasteiger partial charge on any atom is 0.254 e. The van der Waals surface area contributed by atoms with Gasteiger partial charge < -0.3 is 19.2 Å². The van der Waals surface area contributed by atoms with Gasteiger partial charge in [0, 0.05) is 0 Å². The molecule has 0 saturated carbocycles. The van der Waals surface area contributed by atoms with Gasteiger partial charge in [-0.1, -0.05) is 0 Å². The lowest BCUT2D eigenvalue weighted by Gasteiger charge is -2.05. The van der Waals surface area contributed by atoms with Gasteiger partial charge in [-0.15, -0.1) is 0 Å². The predicted molar refractivity (Wildman–Crippen MR) is 90.2 cm³/mol. The van der Waals surface area contributed by atoms with Gasteiger partial charge in [-0.3, -0.25) is 4.79 Å². The monoisotopic (exact) mass is 346 g/mol. The number of fused-ring (bicyclic) bond motifs is 1. The number of ether oxygens (including phenoxy) is 3. The zero-order valence-corrected chi connectivity index (χ0v) is 13.9. The average Bonchev–Trinajstić information content (AvgIpc) is 3.03. The number of carbonyl (C=O) groups is 1. The highest BCUT2D eigenvalue weighted by molar-refractivity contribution is 6.68. The first-order chi connectivity index (χ1) is 11.6. The van der Waals surface area contributed by atoms with Crippen molar-refractivity contribution in [3.63, 3.8) is 0 Å². The number of methoxy groups -OCH3 is 2. The van der Waals surface area contributed by atoms with E-state index in [2.05, 4.69) is 9.97 Å². The number of hydrogen-bond acceptors (Lipinski definition) is 5. The van der Waals surface area contributed by atoms with Gasteiger partial charge in [0.15, 0.2) is 0 Å². The SMILES string of the molecule is COc1ccc(OCc2nc3c(OC)ccc(C(=O)Cl)c3[nH]2)cc1. The van der Waals surface area contributed by atoms with E-state index in [9.17, 15) is 4.79 Å². The van der Waals surface area contributed by atoms with Crippen molar-refractivity contribution in [2.45, 2.75) is 6.61 Å². The van der Waals surface area contributed by atoms with Crippen LogP contribution in [0.1, 0.15) is 16.2 Å². The first-order valence-corrected chi connectivity index (χ1v) is 7.52. The van der Waals surface area contributed by atoms with E-state index < -0.39 is 5.24 Å². The molecule has 24 heavy (non-hydrogen) atoms. The van der Waals surface area contributed by atoms with Gasteiger partial charge in [-0.2, -0.15) is 0 Å². The molecule has 6 nitrogen and oxygen atoms in total. The molecule has 1 heterocycles. The third-order valence-corrected chi connectivity index (χ3v) is 3.73. The van der Waals surface area contributed by atoms with Gasteiger partial charge in [0.2, 0.25) is 0 Å². The van der Waals surface area contributed by atoms with Crippen molar-refractivity contribution in [1.82, 2.24) is 9.97 Å². The van der Waals surface area contributed by atoms with Crippen molar-refractivity contribution < 1.29 is 19.0 Å². The van der Waals surface area contributed by atoms with Crippen molar-refractivity contribution in [3.05, 3.63) is 47.8 Å². The van der Waals surface area contributed by atoms with E-state index >= 15 is 0 Å². The van der Waals surface area contributed by atoms with Gasteiger partial charge in [0.05, 0.1) is 25.3 Å². The minimum absolute atomic E-state index is 0.208. The first-order valence-electron chi connectivity index (χ1n) is 7.14. The fourth-order valence-electron chi connectivity index (χ4n) is 2.34. The topological polar surface area (TPSA) is 73.4 Å². The molecular formula is C17H15ClN2O4. The van der Waals surface area contributed by atoms with Crippen LogP contribution in [0.3, 0.4) is 0 Å². The first kappa shape index (κ1) is 16.1. The number of halogens is 1. The Morgan fingerprint density at radius 3 is 2.42 bits per heavy atom. The highest BCUT2D eigenvalue weighted by atomic mass is 35.5. The summed E-state index contributed by atoms with van der Waals surface area (Å²) in [7, 11) is 3.15. The van der Waals surface area contributed by atoms with E-state index in [1.54, 1.807) is 50.6 Å². The van der Waals surface area contributed by atoms with Crippen molar-refractivity contribution in [1.29, 1.82) is 0 Å². The maximum absolute atomic E-state index is 11.5. The number of aromatic amines is 1. The summed E-state index contributed by atoms with van der Waals surface area (Å²) in [6.07, 6.45) is 0. The summed E-state index contributed by atoms with van der Waals surface area (Å²) in [5, 5.41) is -0.561. The lowest BCUT2D eigenvalue weighted by Crippen LogP contribution is -1.97. The van der Waals surface area contributed by atoms with Crippen LogP contribution in [0.2, 0.25) is 0 Å². The number of rotatable bonds is 6. The number of H-pyrrole nitrogens is 1. The quantitative estimate of drug-likeness (QED) is 0.691. The molecule has 0 aliphatic carbocycles. The van der Waals surface area contributed by atoms with Crippen LogP contribution < -0.4 is 14.2 Å². The highest BCUT2D eigenvalue weighted by Crippen LogP contribution is 2.28. The molecule has 0 unspecified atom stereocenters. The standard InChI is InChI=1S/C17H15ClN2O4/c1-22-10-3-5-11(6-4-10)24-9-14-19-15-12(17(18)21)7-8-13(23-2)16(15)20-14/h3-8H,9H2,1-2H3,(H,19,20). The number of aromatic nitrogens is 2. The Bertz CT molecular complexity index is 874. The Kier molecular flexibility index (Phi) is 4.57. The van der Waals surface area contributed by atoms with Crippen molar-refractivity contribution in [2.24, 2.45) is 0 Å². The molecule has 1 N–H and O–H groups in total. The van der Waals surface area contributed by atoms with Crippen LogP contribution in [0.5, 0.6) is 17.2 Å². The number of hydrogen-bond donors (Lipinski definition) is 1. The molecule has 0 amide bonds. The average molecular weight is 347 g/mol. The van der Waals surface area contributed by atoms with E-state index in [0.717, 1.165) is 5.75 Å². The largest absolute Gasteiger partial charge is 0.497 e. The number of imidazole rings is 1. The Morgan fingerprint density at radius 2 is 1.79 bits per heavy atom. The van der Waals surface area contributed by atoms with E-state index in [1.165, 1.54) is 0 Å². The van der Waals surface area contributed by atoms with Crippen LogP contribution in [0.25, 0.3) is 11.0 Å². The Hall–Kier alpha value is -2.73. The third kappa shape index (κ3) is 3.14. The summed E-state index contributed by atoms with van der Waals surface area (Å²) < 4.78 is 16.1. The summed E-state index contributed by atoms with van der Waals surface area (Å²) in [5.41, 5.74) is 1.41. The van der Waals surface area contributed by atoms with Crippen LogP contribution in [0.4, 0.5) is 0 Å². The fraction of sp³-hybridized carbons (Fsp3) is 0.176. The zero-order chi connectivity index (χ0) is 17.1. The van der Waals surface area contributed by atoms with E-state index in [-0.39, 0.29) is 6.61 Å². The molecule has 0 atom stereocenters. The lowest BCUT2D eigenvalue weighted by molar-refractivity contribution is 0.108. The number of nitrogens with one attached hydrogen (secondary N) is 1. The van der Waals surface area contributed by atoms with Gasteiger partial charge in [-0.25, -0.2) is 4.98 Å². The van der Waals surface area contributed by atoms with Crippen LogP contribution in [-0.4, -0.2) is 29.4 Å². The molecule has 3 aromatic rings. The summed E-state index contributed by atoms with van der Waals surface area (Å²) in [6.45, 7) is 0.208. The van der Waals surface area contributed by atoms with Crippen molar-refractivity contribution in [3.8, 4) is 17.2 Å². The van der Waals surface area contributed by atoms with Crippen LogP contribution >= 0.6 is 11.6 Å². The maximum atomic E-state index is 11.5. The molecular weight excluding hydrogens is 332 g/mol. The van der Waals surface area contributed by atoms with Crippen LogP contribution in [0.15, 0.2) is 36.4 Å². The molecule has 0 spiro atoms. The summed E-state index contributed by atoms with van der Waals surface area (Å²) in [4.78, 5) is 19.0. The molecule has 1 aromatic heterocycles. The number of nitrogens with zero attached hydrogens (tertiary/aromatic N) is 1. The minimum atomic E-state index is -0.561. The Balaban J connectivity index is 1.86. The van der Waals surface area contributed by atoms with Gasteiger partial charge in [-0.05, 0) is 48.0 Å². The number of carbonyl (C=O) groups excluding carboxylic acids is 1. The van der Waals surface area contributed by atoms with E-state index in [4.69, 9.17) is 25.8 Å². The fourth-order valence-corrected chi connectivity index (χ4v) is 2.49. The molecule has 124 valence electrons. The predicted octanol–water partition coefficient (Wildman–Crippen LogP) is 3.54. The summed E-state index contributed by atoms with van der Waals surface area (Å²) >= 11 is 5.62. The van der Waals surface area contributed by atoms with Gasteiger partial charge in [0.1, 0.15) is 35.2 Å². The van der Waals surface area contributed by atoms with E-state index in [1.807, 2.05) is 0 Å². The van der Waals surface area contributed by atoms with Gasteiger partial charge in [0.25, 0.3) is 5.24 Å². The Labute approximate surface area is 143 Å². The zero-order valence-electron chi connectivity index (χ0n) is 13.1. The lowest BCUT2D eigenvalue weighted by atomic mass is 10.2. The van der Waals surface area contributed by atoms with Crippen LogP contribution in [-0.2, 0) is 6.61 Å². The molecule has 0 bridgehead atoms. The molecule has 0 aliphatic heterocycles. The van der Waals surface area contributed by atoms with Gasteiger partial charge >= 0.3 is 0 Å². The Morgan fingerprint density at radius 1 is 1.08 bits per heavy atom. The molecule has 2 aromatic carbocycles. The summed E-state index contributed by atoms with van der Waals surface area (Å²) in [6, 6.07) is 10.5. The molecule has 0 fully saturated rings. The molecule has 7 heteroatoms. The summed E-state index contributed by atoms with van der Waals surface area (Å²) in [5.74, 6) is 2.54. The molecule has 3 rings (SSSR count). The second-order valence-electron chi connectivity index (χ2n) is 4.96. The van der Waals surface area contributed by atoms with E-state index in [0.29, 0.717) is 33.9 Å². The smallest absolute Gasteiger partial charge is 0.254 e. The second kappa shape index (κ2) is 6.80.